The lowest BCUT2D eigenvalue weighted by Gasteiger charge is -2.27. The fraction of sp³-hybridized carbons (Fsp3) is 0.190. The number of nitrogens with one attached hydrogen (secondary N) is 3. The van der Waals surface area contributed by atoms with Gasteiger partial charge in [0.05, 0.1) is 22.9 Å². The zero-order chi connectivity index (χ0) is 19.9. The minimum atomic E-state index is 0.650. The maximum absolute atomic E-state index is 4.77. The summed E-state index contributed by atoms with van der Waals surface area (Å²) in [6.45, 7) is 3.06. The van der Waals surface area contributed by atoms with Crippen LogP contribution in [0.15, 0.2) is 55.1 Å². The first-order valence-corrected chi connectivity index (χ1v) is 9.89. The van der Waals surface area contributed by atoms with E-state index in [0.29, 0.717) is 17.6 Å². The monoisotopic (exact) mass is 397 g/mol. The fourth-order valence-electron chi connectivity index (χ4n) is 3.76. The molecule has 6 rings (SSSR count). The number of rotatable bonds is 5. The van der Waals surface area contributed by atoms with Gasteiger partial charge in [-0.2, -0.15) is 5.10 Å². The molecule has 3 N–H and O–H groups in total. The van der Waals surface area contributed by atoms with Crippen molar-refractivity contribution >= 4 is 33.8 Å². The molecule has 1 fully saturated rings. The van der Waals surface area contributed by atoms with Crippen LogP contribution in [-0.4, -0.2) is 47.8 Å². The van der Waals surface area contributed by atoms with Crippen molar-refractivity contribution in [3.63, 3.8) is 0 Å². The average molecular weight is 397 g/mol. The molecule has 0 atom stereocenters. The van der Waals surface area contributed by atoms with E-state index in [4.69, 9.17) is 4.98 Å². The Hall–Kier alpha value is -3.85. The quantitative estimate of drug-likeness (QED) is 0.418. The lowest BCUT2D eigenvalue weighted by Crippen LogP contribution is -2.44. The summed E-state index contributed by atoms with van der Waals surface area (Å²) in [5.41, 5.74) is 5.26. The molecule has 1 saturated heterocycles. The minimum Gasteiger partial charge on any atom is -0.331 e. The van der Waals surface area contributed by atoms with Crippen LogP contribution in [0.3, 0.4) is 0 Å². The number of aromatic nitrogens is 7. The van der Waals surface area contributed by atoms with E-state index < -0.39 is 0 Å². The van der Waals surface area contributed by atoms with E-state index in [1.165, 1.54) is 0 Å². The van der Waals surface area contributed by atoms with Gasteiger partial charge in [0.1, 0.15) is 5.52 Å². The summed E-state index contributed by atoms with van der Waals surface area (Å²) in [4.78, 5) is 18.1. The van der Waals surface area contributed by atoms with Crippen LogP contribution in [0.2, 0.25) is 0 Å². The van der Waals surface area contributed by atoms with E-state index in [1.807, 2.05) is 30.3 Å². The van der Waals surface area contributed by atoms with Gasteiger partial charge in [0.25, 0.3) is 0 Å². The number of hydrogen-bond donors (Lipinski definition) is 3. The third kappa shape index (κ3) is 2.96. The summed E-state index contributed by atoms with van der Waals surface area (Å²) in [7, 11) is 0. The molecule has 9 heteroatoms. The Morgan fingerprint density at radius 1 is 1.03 bits per heavy atom. The van der Waals surface area contributed by atoms with Crippen molar-refractivity contribution in [2.45, 2.75) is 6.54 Å². The van der Waals surface area contributed by atoms with Crippen LogP contribution < -0.4 is 10.6 Å². The number of H-pyrrole nitrogens is 1. The smallest absolute Gasteiger partial charge is 0.161 e. The first kappa shape index (κ1) is 17.0. The maximum atomic E-state index is 4.77. The zero-order valence-electron chi connectivity index (χ0n) is 16.1. The molecule has 0 aliphatic carbocycles. The van der Waals surface area contributed by atoms with Gasteiger partial charge in [0, 0.05) is 55.8 Å². The normalized spacial score (nSPS) is 14.3. The van der Waals surface area contributed by atoms with Crippen molar-refractivity contribution in [2.75, 3.05) is 18.4 Å². The van der Waals surface area contributed by atoms with Gasteiger partial charge >= 0.3 is 0 Å². The van der Waals surface area contributed by atoms with Crippen molar-refractivity contribution in [3.05, 3.63) is 55.1 Å². The number of pyridine rings is 2. The standard InChI is InChI=1S/C21H19N9/c1-2-15-20(24-5-1)14(3-6-23-15)17-8-18(29-28-17)26-19-11-25-16-4-7-30(21(16)27-19)12-13-9-22-10-13/h1-8,11,13,22H,9-10,12H2,(H2,26,27,28,29). The van der Waals surface area contributed by atoms with Gasteiger partial charge in [-0.15, -0.1) is 0 Å². The highest BCUT2D eigenvalue weighted by molar-refractivity contribution is 5.90. The maximum Gasteiger partial charge on any atom is 0.161 e. The second-order valence-corrected chi connectivity index (χ2v) is 7.48. The molecule has 0 amide bonds. The highest BCUT2D eigenvalue weighted by Gasteiger charge is 2.18. The minimum absolute atomic E-state index is 0.650. The molecular weight excluding hydrogens is 378 g/mol. The molecule has 30 heavy (non-hydrogen) atoms. The molecule has 0 saturated carbocycles. The van der Waals surface area contributed by atoms with Gasteiger partial charge in [-0.05, 0) is 24.3 Å². The number of anilines is 2. The van der Waals surface area contributed by atoms with Crippen LogP contribution in [0.1, 0.15) is 0 Å². The number of aromatic amines is 1. The van der Waals surface area contributed by atoms with E-state index >= 15 is 0 Å². The highest BCUT2D eigenvalue weighted by Crippen LogP contribution is 2.26. The second-order valence-electron chi connectivity index (χ2n) is 7.48. The van der Waals surface area contributed by atoms with E-state index in [-0.39, 0.29) is 0 Å². The molecule has 5 aromatic heterocycles. The van der Waals surface area contributed by atoms with Crippen molar-refractivity contribution in [3.8, 4) is 11.3 Å². The van der Waals surface area contributed by atoms with E-state index in [1.54, 1.807) is 18.6 Å². The zero-order valence-corrected chi connectivity index (χ0v) is 16.1. The Labute approximate surface area is 171 Å². The third-order valence-corrected chi connectivity index (χ3v) is 5.41. The van der Waals surface area contributed by atoms with Crippen LogP contribution in [0.5, 0.6) is 0 Å². The van der Waals surface area contributed by atoms with E-state index in [2.05, 4.69) is 46.5 Å². The summed E-state index contributed by atoms with van der Waals surface area (Å²) in [5, 5.41) is 14.0. The molecule has 1 aliphatic rings. The van der Waals surface area contributed by atoms with Gasteiger partial charge in [-0.3, -0.25) is 15.1 Å². The highest BCUT2D eigenvalue weighted by atomic mass is 15.2. The molecule has 6 heterocycles. The first-order chi connectivity index (χ1) is 14.8. The third-order valence-electron chi connectivity index (χ3n) is 5.41. The Morgan fingerprint density at radius 3 is 2.90 bits per heavy atom. The lowest BCUT2D eigenvalue weighted by atomic mass is 10.0. The van der Waals surface area contributed by atoms with Gasteiger partial charge in [0.15, 0.2) is 17.3 Å². The molecule has 148 valence electrons. The largest absolute Gasteiger partial charge is 0.331 e. The molecule has 0 spiro atoms. The predicted molar refractivity (Wildman–Crippen MR) is 114 cm³/mol. The molecule has 1 aliphatic heterocycles. The Balaban J connectivity index is 1.29. The summed E-state index contributed by atoms with van der Waals surface area (Å²) >= 11 is 0. The van der Waals surface area contributed by atoms with Gasteiger partial charge in [0.2, 0.25) is 0 Å². The van der Waals surface area contributed by atoms with Crippen molar-refractivity contribution in [1.82, 2.24) is 40.0 Å². The van der Waals surface area contributed by atoms with Crippen LogP contribution in [-0.2, 0) is 6.54 Å². The van der Waals surface area contributed by atoms with E-state index in [9.17, 15) is 0 Å². The molecule has 0 bridgehead atoms. The fourth-order valence-corrected chi connectivity index (χ4v) is 3.76. The number of nitrogens with zero attached hydrogens (tertiary/aromatic N) is 6. The van der Waals surface area contributed by atoms with Crippen LogP contribution in [0.4, 0.5) is 11.6 Å². The Kier molecular flexibility index (Phi) is 3.91. The summed E-state index contributed by atoms with van der Waals surface area (Å²) in [6, 6.07) is 9.70. The second kappa shape index (κ2) is 6.89. The molecule has 5 aromatic rings. The van der Waals surface area contributed by atoms with Gasteiger partial charge < -0.3 is 15.2 Å². The molecular formula is C21H19N9. The van der Waals surface area contributed by atoms with E-state index in [0.717, 1.165) is 53.1 Å². The number of hydrogen-bond acceptors (Lipinski definition) is 7. The van der Waals surface area contributed by atoms with Gasteiger partial charge in [-0.1, -0.05) is 0 Å². The van der Waals surface area contributed by atoms with Crippen molar-refractivity contribution in [2.24, 2.45) is 5.92 Å². The SMILES string of the molecule is c1cnc2c(-c3cc(Nc4cnc5ccn(CC6CNC6)c5n4)n[nH]3)ccnc2c1. The van der Waals surface area contributed by atoms with Gasteiger partial charge in [-0.25, -0.2) is 9.97 Å². The molecule has 9 nitrogen and oxygen atoms in total. The summed E-state index contributed by atoms with van der Waals surface area (Å²) < 4.78 is 2.17. The Bertz CT molecular complexity index is 1340. The summed E-state index contributed by atoms with van der Waals surface area (Å²) in [6.07, 6.45) is 7.33. The average Bonchev–Trinajstić information content (AvgIpc) is 3.37. The Morgan fingerprint density at radius 2 is 2.00 bits per heavy atom. The number of fused-ring (bicyclic) bond motifs is 2. The van der Waals surface area contributed by atoms with Crippen LogP contribution in [0, 0.1) is 5.92 Å². The topological polar surface area (TPSA) is 109 Å². The lowest BCUT2D eigenvalue weighted by molar-refractivity contribution is 0.310. The molecule has 0 radical (unpaired) electrons. The molecule has 0 aromatic carbocycles. The summed E-state index contributed by atoms with van der Waals surface area (Å²) in [5.74, 6) is 1.97. The van der Waals surface area contributed by atoms with Crippen molar-refractivity contribution in [1.29, 1.82) is 0 Å². The molecule has 0 unspecified atom stereocenters. The first-order valence-electron chi connectivity index (χ1n) is 9.89. The van der Waals surface area contributed by atoms with Crippen LogP contribution in [0.25, 0.3) is 33.5 Å². The van der Waals surface area contributed by atoms with Crippen molar-refractivity contribution < 1.29 is 0 Å². The predicted octanol–water partition coefficient (Wildman–Crippen LogP) is 2.73. The van der Waals surface area contributed by atoms with Crippen LogP contribution >= 0.6 is 0 Å².